The van der Waals surface area contributed by atoms with Crippen LogP contribution in [0, 0.1) is 0 Å². The highest BCUT2D eigenvalue weighted by Gasteiger charge is 2.16. The van der Waals surface area contributed by atoms with E-state index in [2.05, 4.69) is 15.0 Å². The summed E-state index contributed by atoms with van der Waals surface area (Å²) in [5.74, 6) is -0.0643. The van der Waals surface area contributed by atoms with Crippen molar-refractivity contribution in [3.8, 4) is 28.5 Å². The summed E-state index contributed by atoms with van der Waals surface area (Å²) >= 11 is 7.37. The molecule has 1 amide bonds. The average molecular weight is 441 g/mol. The van der Waals surface area contributed by atoms with Crippen molar-refractivity contribution in [3.63, 3.8) is 0 Å². The second kappa shape index (κ2) is 9.06. The largest absolute Gasteiger partial charge is 0.495 e. The topological polar surface area (TPSA) is 69.7 Å². The zero-order valence-corrected chi connectivity index (χ0v) is 16.8. The highest BCUT2D eigenvalue weighted by atomic mass is 35.5. The van der Waals surface area contributed by atoms with Gasteiger partial charge in [0.05, 0.1) is 24.9 Å². The first kappa shape index (κ1) is 20.8. The van der Waals surface area contributed by atoms with Gasteiger partial charge >= 0.3 is 6.61 Å². The maximum Gasteiger partial charge on any atom is 0.387 e. The van der Waals surface area contributed by atoms with Gasteiger partial charge in [-0.1, -0.05) is 11.6 Å². The number of rotatable bonds is 7. The number of thiazole rings is 1. The third-order valence-electron chi connectivity index (χ3n) is 3.81. The minimum absolute atomic E-state index is 0.0191. The Morgan fingerprint density at radius 1 is 1.10 bits per heavy atom. The number of carbonyl (C=O) groups excluding carboxylic acids is 1. The van der Waals surface area contributed by atoms with Gasteiger partial charge in [-0.05, 0) is 36.4 Å². The maximum absolute atomic E-state index is 12.5. The predicted octanol–water partition coefficient (Wildman–Crippen LogP) is 5.33. The molecule has 0 radical (unpaired) electrons. The number of benzene rings is 2. The molecule has 0 unspecified atom stereocenters. The molecule has 0 aliphatic carbocycles. The molecule has 0 aliphatic rings. The number of halogens is 3. The van der Waals surface area contributed by atoms with Crippen molar-refractivity contribution in [2.75, 3.05) is 19.5 Å². The van der Waals surface area contributed by atoms with Crippen LogP contribution in [0.1, 0.15) is 10.4 Å². The number of hydrogen-bond acceptors (Lipinski definition) is 6. The van der Waals surface area contributed by atoms with Crippen molar-refractivity contribution in [1.82, 2.24) is 4.98 Å². The Morgan fingerprint density at radius 3 is 2.48 bits per heavy atom. The fourth-order valence-electron chi connectivity index (χ4n) is 2.46. The van der Waals surface area contributed by atoms with Gasteiger partial charge in [0.15, 0.2) is 16.6 Å². The quantitative estimate of drug-likeness (QED) is 0.537. The molecule has 1 aromatic heterocycles. The molecule has 152 valence electrons. The number of hydrogen-bond donors (Lipinski definition) is 1. The molecule has 3 aromatic rings. The molecule has 6 nitrogen and oxygen atoms in total. The van der Waals surface area contributed by atoms with Gasteiger partial charge < -0.3 is 14.2 Å². The summed E-state index contributed by atoms with van der Waals surface area (Å²) in [5.41, 5.74) is 1.60. The number of nitrogens with zero attached hydrogens (tertiary/aromatic N) is 1. The van der Waals surface area contributed by atoms with Crippen molar-refractivity contribution >= 4 is 34.0 Å². The highest BCUT2D eigenvalue weighted by Crippen LogP contribution is 2.33. The number of carbonyl (C=O) groups is 1. The van der Waals surface area contributed by atoms with Crippen LogP contribution < -0.4 is 19.5 Å². The van der Waals surface area contributed by atoms with Gasteiger partial charge in [0.25, 0.3) is 5.91 Å². The molecule has 0 spiro atoms. The predicted molar refractivity (Wildman–Crippen MR) is 107 cm³/mol. The van der Waals surface area contributed by atoms with Crippen LogP contribution in [0.2, 0.25) is 5.02 Å². The van der Waals surface area contributed by atoms with Crippen LogP contribution in [0.15, 0.2) is 41.8 Å². The molecule has 1 N–H and O–H groups in total. The van der Waals surface area contributed by atoms with Crippen LogP contribution in [0.25, 0.3) is 11.3 Å². The van der Waals surface area contributed by atoms with Crippen molar-refractivity contribution in [1.29, 1.82) is 0 Å². The lowest BCUT2D eigenvalue weighted by atomic mass is 10.2. The van der Waals surface area contributed by atoms with E-state index >= 15 is 0 Å². The third kappa shape index (κ3) is 4.93. The highest BCUT2D eigenvalue weighted by molar-refractivity contribution is 7.14. The third-order valence-corrected chi connectivity index (χ3v) is 4.87. The lowest BCUT2D eigenvalue weighted by Gasteiger charge is -2.11. The normalized spacial score (nSPS) is 10.7. The van der Waals surface area contributed by atoms with Gasteiger partial charge in [0.1, 0.15) is 5.75 Å². The van der Waals surface area contributed by atoms with E-state index in [0.29, 0.717) is 21.6 Å². The first-order chi connectivity index (χ1) is 13.9. The Morgan fingerprint density at radius 2 is 1.83 bits per heavy atom. The van der Waals surface area contributed by atoms with Crippen LogP contribution in [0.4, 0.5) is 13.9 Å². The molecular formula is C19H15ClF2N2O4S. The van der Waals surface area contributed by atoms with E-state index in [-0.39, 0.29) is 17.1 Å². The van der Waals surface area contributed by atoms with E-state index in [1.807, 2.05) is 0 Å². The lowest BCUT2D eigenvalue weighted by Crippen LogP contribution is -2.12. The van der Waals surface area contributed by atoms with Gasteiger partial charge in [0.2, 0.25) is 0 Å². The van der Waals surface area contributed by atoms with Crippen molar-refractivity contribution in [3.05, 3.63) is 52.4 Å². The molecule has 29 heavy (non-hydrogen) atoms. The summed E-state index contributed by atoms with van der Waals surface area (Å²) in [6.07, 6.45) is 0. The number of alkyl halides is 2. The summed E-state index contributed by atoms with van der Waals surface area (Å²) < 4.78 is 39.3. The monoisotopic (exact) mass is 440 g/mol. The Balaban J connectivity index is 1.76. The van der Waals surface area contributed by atoms with Crippen LogP contribution in [-0.2, 0) is 0 Å². The number of methoxy groups -OCH3 is 2. The molecule has 0 aliphatic heterocycles. The van der Waals surface area contributed by atoms with E-state index in [4.69, 9.17) is 21.1 Å². The van der Waals surface area contributed by atoms with E-state index in [0.717, 1.165) is 5.56 Å². The molecule has 2 aromatic carbocycles. The number of amides is 1. The second-order valence-corrected chi connectivity index (χ2v) is 6.85. The molecule has 1 heterocycles. The fourth-order valence-corrected chi connectivity index (χ4v) is 3.43. The van der Waals surface area contributed by atoms with E-state index in [1.54, 1.807) is 23.6 Å². The standard InChI is InChI=1S/C19H15ClF2N2O4S/c1-26-14-5-3-10(7-12(14)20)13-9-29-19(23-13)24-17(25)11-4-6-15(28-18(21)22)16(8-11)27-2/h3-9,18H,1-2H3,(H,23,24,25). The molecule has 10 heteroatoms. The minimum Gasteiger partial charge on any atom is -0.495 e. The molecule has 0 saturated heterocycles. The molecule has 0 fully saturated rings. The summed E-state index contributed by atoms with van der Waals surface area (Å²) in [5, 5.41) is 5.25. The number of ether oxygens (including phenoxy) is 3. The SMILES string of the molecule is COc1ccc(-c2csc(NC(=O)c3ccc(OC(F)F)c(OC)c3)n2)cc1Cl. The first-order valence-corrected chi connectivity index (χ1v) is 9.40. The molecule has 3 rings (SSSR count). The Labute approximate surface area is 174 Å². The second-order valence-electron chi connectivity index (χ2n) is 5.59. The van der Waals surface area contributed by atoms with Gasteiger partial charge in [-0.2, -0.15) is 8.78 Å². The van der Waals surface area contributed by atoms with E-state index in [1.165, 1.54) is 43.8 Å². The zero-order chi connectivity index (χ0) is 21.0. The van der Waals surface area contributed by atoms with E-state index < -0.39 is 12.5 Å². The van der Waals surface area contributed by atoms with Gasteiger partial charge in [-0.15, -0.1) is 11.3 Å². The number of nitrogens with one attached hydrogen (secondary N) is 1. The van der Waals surface area contributed by atoms with Crippen LogP contribution in [0.3, 0.4) is 0 Å². The molecule has 0 saturated carbocycles. The Bertz CT molecular complexity index is 1030. The fraction of sp³-hybridized carbons (Fsp3) is 0.158. The zero-order valence-electron chi connectivity index (χ0n) is 15.2. The molecule has 0 bridgehead atoms. The average Bonchev–Trinajstić information content (AvgIpc) is 3.16. The van der Waals surface area contributed by atoms with Crippen LogP contribution >= 0.6 is 22.9 Å². The summed E-state index contributed by atoms with van der Waals surface area (Å²) in [6.45, 7) is -3.00. The summed E-state index contributed by atoms with van der Waals surface area (Å²) in [4.78, 5) is 16.8. The Hall–Kier alpha value is -2.91. The van der Waals surface area contributed by atoms with Crippen LogP contribution in [0.5, 0.6) is 17.2 Å². The number of anilines is 1. The molecular weight excluding hydrogens is 426 g/mol. The smallest absolute Gasteiger partial charge is 0.387 e. The Kier molecular flexibility index (Phi) is 6.50. The lowest BCUT2D eigenvalue weighted by molar-refractivity contribution is -0.0512. The minimum atomic E-state index is -3.00. The first-order valence-electron chi connectivity index (χ1n) is 8.15. The van der Waals surface area contributed by atoms with E-state index in [9.17, 15) is 13.6 Å². The maximum atomic E-state index is 12.5. The van der Waals surface area contributed by atoms with Gasteiger partial charge in [-0.25, -0.2) is 4.98 Å². The van der Waals surface area contributed by atoms with Crippen molar-refractivity contribution in [2.45, 2.75) is 6.61 Å². The van der Waals surface area contributed by atoms with Crippen molar-refractivity contribution in [2.24, 2.45) is 0 Å². The molecule has 0 atom stereocenters. The van der Waals surface area contributed by atoms with Gasteiger partial charge in [0, 0.05) is 16.5 Å². The van der Waals surface area contributed by atoms with Gasteiger partial charge in [-0.3, -0.25) is 10.1 Å². The summed E-state index contributed by atoms with van der Waals surface area (Å²) in [6, 6.07) is 9.15. The van der Waals surface area contributed by atoms with Crippen LogP contribution in [-0.4, -0.2) is 31.7 Å². The number of aromatic nitrogens is 1. The summed E-state index contributed by atoms with van der Waals surface area (Å²) in [7, 11) is 2.82. The van der Waals surface area contributed by atoms with Crippen molar-refractivity contribution < 1.29 is 27.8 Å².